The second kappa shape index (κ2) is 8.77. The van der Waals surface area contributed by atoms with Crippen LogP contribution >= 0.6 is 11.8 Å². The second-order valence-electron chi connectivity index (χ2n) is 5.24. The van der Waals surface area contributed by atoms with Crippen LogP contribution < -0.4 is 14.8 Å². The monoisotopic (exact) mass is 392 g/mol. The third-order valence-corrected chi connectivity index (χ3v) is 5.71. The number of sulfonamides is 1. The summed E-state index contributed by atoms with van der Waals surface area (Å²) in [6.07, 6.45) is 1.75. The molecule has 0 heterocycles. The molecule has 0 unspecified atom stereocenters. The maximum atomic E-state index is 12.7. The molecule has 0 spiro atoms. The molecule has 2 rings (SSSR count). The van der Waals surface area contributed by atoms with Crippen molar-refractivity contribution in [2.75, 3.05) is 22.9 Å². The highest BCUT2D eigenvalue weighted by Gasteiger charge is 2.18. The third-order valence-electron chi connectivity index (χ3n) is 3.28. The van der Waals surface area contributed by atoms with Gasteiger partial charge in [-0.1, -0.05) is 18.2 Å². The van der Waals surface area contributed by atoms with Crippen LogP contribution in [0.2, 0.25) is 0 Å². The fraction of sp³-hybridized carbons (Fsp3) is 0.167. The van der Waals surface area contributed by atoms with E-state index < -0.39 is 10.0 Å². The van der Waals surface area contributed by atoms with E-state index in [-0.39, 0.29) is 16.6 Å². The van der Waals surface area contributed by atoms with Crippen LogP contribution in [-0.2, 0) is 14.8 Å². The summed E-state index contributed by atoms with van der Waals surface area (Å²) in [7, 11) is -2.41. The largest absolute Gasteiger partial charge is 0.495 e. The number of anilines is 2. The van der Waals surface area contributed by atoms with Crippen molar-refractivity contribution in [2.45, 2.75) is 16.7 Å². The first-order valence-electron chi connectivity index (χ1n) is 7.68. The van der Waals surface area contributed by atoms with Gasteiger partial charge in [0.2, 0.25) is 5.91 Å². The first kappa shape index (κ1) is 19.9. The molecule has 0 aliphatic rings. The van der Waals surface area contributed by atoms with Gasteiger partial charge in [-0.2, -0.15) is 0 Å². The number of amides is 1. The molecule has 0 aromatic heterocycles. The van der Waals surface area contributed by atoms with Crippen LogP contribution in [0.5, 0.6) is 5.75 Å². The van der Waals surface area contributed by atoms with E-state index in [9.17, 15) is 13.2 Å². The molecule has 26 heavy (non-hydrogen) atoms. The van der Waals surface area contributed by atoms with Crippen molar-refractivity contribution < 1.29 is 17.9 Å². The normalized spacial score (nSPS) is 10.8. The minimum Gasteiger partial charge on any atom is -0.495 e. The summed E-state index contributed by atoms with van der Waals surface area (Å²) < 4.78 is 33.3. The number of ether oxygens (including phenoxy) is 1. The number of nitrogens with one attached hydrogen (secondary N) is 2. The Kier molecular flexibility index (Phi) is 6.70. The smallest absolute Gasteiger partial charge is 0.262 e. The van der Waals surface area contributed by atoms with Gasteiger partial charge in [0.1, 0.15) is 5.75 Å². The van der Waals surface area contributed by atoms with Crippen LogP contribution in [0.1, 0.15) is 6.92 Å². The van der Waals surface area contributed by atoms with Gasteiger partial charge < -0.3 is 10.1 Å². The number of hydrogen-bond donors (Lipinski definition) is 2. The Balaban J connectivity index is 2.33. The molecule has 2 aromatic rings. The van der Waals surface area contributed by atoms with Crippen LogP contribution in [0, 0.1) is 0 Å². The lowest BCUT2D eigenvalue weighted by Gasteiger charge is -2.14. The predicted octanol–water partition coefficient (Wildman–Crippen LogP) is 3.73. The summed E-state index contributed by atoms with van der Waals surface area (Å²) in [5.74, 6) is 0.653. The Hall–Kier alpha value is -2.45. The molecule has 0 radical (unpaired) electrons. The number of carbonyl (C=O) groups is 1. The van der Waals surface area contributed by atoms with Crippen molar-refractivity contribution in [3.05, 3.63) is 55.1 Å². The molecule has 0 atom stereocenters. The Morgan fingerprint density at radius 3 is 2.62 bits per heavy atom. The summed E-state index contributed by atoms with van der Waals surface area (Å²) >= 11 is 1.48. The lowest BCUT2D eigenvalue weighted by Crippen LogP contribution is -2.14. The van der Waals surface area contributed by atoms with Crippen LogP contribution in [0.4, 0.5) is 11.4 Å². The summed E-state index contributed by atoms with van der Waals surface area (Å²) in [6.45, 7) is 5.04. The van der Waals surface area contributed by atoms with E-state index in [1.54, 1.807) is 18.2 Å². The van der Waals surface area contributed by atoms with Crippen molar-refractivity contribution in [2.24, 2.45) is 0 Å². The lowest BCUT2D eigenvalue weighted by molar-refractivity contribution is -0.114. The zero-order valence-corrected chi connectivity index (χ0v) is 16.1. The Morgan fingerprint density at radius 2 is 1.96 bits per heavy atom. The van der Waals surface area contributed by atoms with Crippen LogP contribution in [0.25, 0.3) is 0 Å². The van der Waals surface area contributed by atoms with Crippen LogP contribution in [0.3, 0.4) is 0 Å². The van der Waals surface area contributed by atoms with Gasteiger partial charge in [0, 0.05) is 23.6 Å². The number of para-hydroxylation sites is 1. The van der Waals surface area contributed by atoms with Gasteiger partial charge in [-0.15, -0.1) is 18.3 Å². The quantitative estimate of drug-likeness (QED) is 0.528. The molecule has 0 saturated heterocycles. The Bertz CT molecular complexity index is 911. The van der Waals surface area contributed by atoms with Crippen LogP contribution in [0.15, 0.2) is 64.9 Å². The molecule has 0 aliphatic carbocycles. The van der Waals surface area contributed by atoms with Crippen molar-refractivity contribution in [1.82, 2.24) is 0 Å². The summed E-state index contributed by atoms with van der Waals surface area (Å²) in [4.78, 5) is 12.1. The molecule has 0 bridgehead atoms. The van der Waals surface area contributed by atoms with Crippen molar-refractivity contribution in [3.63, 3.8) is 0 Å². The van der Waals surface area contributed by atoms with Gasteiger partial charge in [0.15, 0.2) is 0 Å². The Labute approximate surface area is 157 Å². The highest BCUT2D eigenvalue weighted by Crippen LogP contribution is 2.31. The standard InChI is InChI=1S/C18H20N2O4S2/c1-4-11-25-18-8-6-5-7-16(18)20-26(22,23)14-9-10-15(19-13(2)21)17(12-14)24-3/h4-10,12,20H,1,11H2,2-3H3,(H,19,21). The molecule has 8 heteroatoms. The number of thioether (sulfide) groups is 1. The van der Waals surface area contributed by atoms with Gasteiger partial charge in [-0.05, 0) is 24.3 Å². The van der Waals surface area contributed by atoms with Gasteiger partial charge in [0.05, 0.1) is 23.4 Å². The molecular formula is C18H20N2O4S2. The van der Waals surface area contributed by atoms with Crippen molar-refractivity contribution >= 4 is 39.1 Å². The first-order valence-corrected chi connectivity index (χ1v) is 10.2. The summed E-state index contributed by atoms with van der Waals surface area (Å²) in [5, 5.41) is 2.59. The number of hydrogen-bond acceptors (Lipinski definition) is 5. The number of carbonyl (C=O) groups excluding carboxylic acids is 1. The molecular weight excluding hydrogens is 372 g/mol. The zero-order chi connectivity index (χ0) is 19.2. The van der Waals surface area contributed by atoms with Gasteiger partial charge in [0.25, 0.3) is 10.0 Å². The van der Waals surface area contributed by atoms with E-state index in [1.165, 1.54) is 44.0 Å². The average molecular weight is 393 g/mol. The number of benzene rings is 2. The lowest BCUT2D eigenvalue weighted by atomic mass is 10.3. The molecule has 6 nitrogen and oxygen atoms in total. The molecule has 2 N–H and O–H groups in total. The van der Waals surface area contributed by atoms with E-state index in [1.807, 2.05) is 12.1 Å². The highest BCUT2D eigenvalue weighted by atomic mass is 32.2. The SMILES string of the molecule is C=CCSc1ccccc1NS(=O)(=O)c1ccc(NC(C)=O)c(OC)c1. The number of rotatable bonds is 8. The predicted molar refractivity (Wildman–Crippen MR) is 105 cm³/mol. The van der Waals surface area contributed by atoms with Crippen molar-refractivity contribution in [1.29, 1.82) is 0 Å². The highest BCUT2D eigenvalue weighted by molar-refractivity contribution is 7.99. The average Bonchev–Trinajstić information content (AvgIpc) is 2.60. The first-order chi connectivity index (χ1) is 12.4. The summed E-state index contributed by atoms with van der Waals surface area (Å²) in [6, 6.07) is 11.4. The molecule has 0 fully saturated rings. The zero-order valence-electron chi connectivity index (χ0n) is 14.5. The van der Waals surface area contributed by atoms with Gasteiger partial charge in [-0.3, -0.25) is 9.52 Å². The van der Waals surface area contributed by atoms with Gasteiger partial charge in [-0.25, -0.2) is 8.42 Å². The fourth-order valence-electron chi connectivity index (χ4n) is 2.16. The molecule has 2 aromatic carbocycles. The van der Waals surface area contributed by atoms with E-state index in [0.717, 1.165) is 4.90 Å². The fourth-order valence-corrected chi connectivity index (χ4v) is 4.07. The minimum absolute atomic E-state index is 0.0342. The Morgan fingerprint density at radius 1 is 1.23 bits per heavy atom. The molecule has 138 valence electrons. The molecule has 0 aliphatic heterocycles. The maximum absolute atomic E-state index is 12.7. The van der Waals surface area contributed by atoms with Gasteiger partial charge >= 0.3 is 0 Å². The molecule has 0 saturated carbocycles. The maximum Gasteiger partial charge on any atom is 0.262 e. The third kappa shape index (κ3) is 5.03. The van der Waals surface area contributed by atoms with Crippen molar-refractivity contribution in [3.8, 4) is 5.75 Å². The molecule has 1 amide bonds. The summed E-state index contributed by atoms with van der Waals surface area (Å²) in [5.41, 5.74) is 0.894. The van der Waals surface area contributed by atoms with E-state index >= 15 is 0 Å². The topological polar surface area (TPSA) is 84.5 Å². The number of methoxy groups -OCH3 is 1. The van der Waals surface area contributed by atoms with Crippen LogP contribution in [-0.4, -0.2) is 27.2 Å². The van der Waals surface area contributed by atoms with E-state index in [4.69, 9.17) is 4.74 Å². The van der Waals surface area contributed by atoms with E-state index in [2.05, 4.69) is 16.6 Å². The second-order valence-corrected chi connectivity index (χ2v) is 7.99. The van der Waals surface area contributed by atoms with E-state index in [0.29, 0.717) is 17.1 Å². The minimum atomic E-state index is -3.82.